The number of esters is 1. The van der Waals surface area contributed by atoms with Crippen molar-refractivity contribution in [3.8, 4) is 0 Å². The van der Waals surface area contributed by atoms with Crippen LogP contribution in [0.2, 0.25) is 5.02 Å². The largest absolute Gasteiger partial charge is 0.452 e. The second kappa shape index (κ2) is 9.12. The Morgan fingerprint density at radius 2 is 1.88 bits per heavy atom. The van der Waals surface area contributed by atoms with Gasteiger partial charge < -0.3 is 21.5 Å². The molecule has 0 unspecified atom stereocenters. The molecule has 0 atom stereocenters. The molecule has 0 radical (unpaired) electrons. The number of hydrogen-bond acceptors (Lipinski definition) is 6. The van der Waals surface area contributed by atoms with E-state index in [0.29, 0.717) is 15.6 Å². The lowest BCUT2D eigenvalue weighted by Gasteiger charge is -2.10. The van der Waals surface area contributed by atoms with E-state index < -0.39 is 24.4 Å². The fourth-order valence-electron chi connectivity index (χ4n) is 1.92. The fraction of sp³-hybridized carbons (Fsp3) is 0.118. The molecule has 0 saturated carbocycles. The third-order valence-corrected chi connectivity index (χ3v) is 4.54. The Morgan fingerprint density at radius 3 is 2.58 bits per heavy atom. The zero-order valence-electron chi connectivity index (χ0n) is 13.5. The average Bonchev–Trinajstić information content (AvgIpc) is 2.61. The van der Waals surface area contributed by atoms with Gasteiger partial charge in [-0.1, -0.05) is 23.7 Å². The molecule has 0 aliphatic carbocycles. The molecule has 0 saturated heterocycles. The van der Waals surface area contributed by atoms with E-state index in [1.807, 2.05) is 0 Å². The Bertz CT molecular complexity index is 845. The van der Waals surface area contributed by atoms with Gasteiger partial charge in [0.15, 0.2) is 6.61 Å². The lowest BCUT2D eigenvalue weighted by Crippen LogP contribution is -2.21. The van der Waals surface area contributed by atoms with Crippen molar-refractivity contribution < 1.29 is 19.1 Å². The third kappa shape index (κ3) is 5.68. The molecule has 0 fully saturated rings. The molecule has 5 N–H and O–H groups in total. The van der Waals surface area contributed by atoms with Crippen LogP contribution in [0.25, 0.3) is 0 Å². The van der Waals surface area contributed by atoms with Crippen LogP contribution in [0.5, 0.6) is 0 Å². The summed E-state index contributed by atoms with van der Waals surface area (Å²) in [6.07, 6.45) is 0. The molecular weight excluding hydrogens is 378 g/mol. The van der Waals surface area contributed by atoms with Crippen LogP contribution in [0.4, 0.5) is 11.4 Å². The first-order valence-electron chi connectivity index (χ1n) is 7.39. The third-order valence-electron chi connectivity index (χ3n) is 3.10. The summed E-state index contributed by atoms with van der Waals surface area (Å²) in [7, 11) is 0. The first-order chi connectivity index (χ1) is 12.4. The minimum atomic E-state index is -0.695. The first kappa shape index (κ1) is 19.6. The van der Waals surface area contributed by atoms with Crippen molar-refractivity contribution in [2.24, 2.45) is 5.73 Å². The van der Waals surface area contributed by atoms with Gasteiger partial charge in [0.2, 0.25) is 5.91 Å². The van der Waals surface area contributed by atoms with Crippen LogP contribution in [-0.4, -0.2) is 30.1 Å². The van der Waals surface area contributed by atoms with E-state index in [9.17, 15) is 14.4 Å². The highest BCUT2D eigenvalue weighted by Gasteiger charge is 2.13. The Kier molecular flexibility index (Phi) is 6.88. The topological polar surface area (TPSA) is 125 Å². The number of nitrogen functional groups attached to an aromatic ring is 1. The zero-order chi connectivity index (χ0) is 19.1. The molecule has 0 aliphatic heterocycles. The van der Waals surface area contributed by atoms with E-state index >= 15 is 0 Å². The number of anilines is 2. The molecular formula is C17H16ClN3O4S. The molecule has 0 spiro atoms. The number of carbonyl (C=O) groups is 3. The lowest BCUT2D eigenvalue weighted by atomic mass is 10.2. The number of hydrogen-bond donors (Lipinski definition) is 3. The number of nitrogens with two attached hydrogens (primary N) is 2. The van der Waals surface area contributed by atoms with Crippen molar-refractivity contribution in [2.75, 3.05) is 23.4 Å². The Balaban J connectivity index is 1.93. The van der Waals surface area contributed by atoms with Gasteiger partial charge in [-0.3, -0.25) is 9.59 Å². The van der Waals surface area contributed by atoms with Gasteiger partial charge in [-0.25, -0.2) is 4.79 Å². The standard InChI is InChI=1S/C17H16ClN3O4S/c18-11-6-5-10(7-12(11)19)17(24)25-8-16(23)21-13-3-1-2-4-14(13)26-9-15(20)22/h1-7H,8-9,19H2,(H2,20,22)(H,21,23). The van der Waals surface area contributed by atoms with Crippen LogP contribution in [-0.2, 0) is 14.3 Å². The van der Waals surface area contributed by atoms with Gasteiger partial charge in [-0.05, 0) is 30.3 Å². The minimum Gasteiger partial charge on any atom is -0.452 e. The SMILES string of the molecule is NC(=O)CSc1ccccc1NC(=O)COC(=O)c1ccc(Cl)c(N)c1. The number of rotatable bonds is 7. The van der Waals surface area contributed by atoms with Crippen molar-refractivity contribution in [3.63, 3.8) is 0 Å². The average molecular weight is 394 g/mol. The number of benzene rings is 2. The van der Waals surface area contributed by atoms with E-state index in [0.717, 1.165) is 0 Å². The molecule has 26 heavy (non-hydrogen) atoms. The molecule has 2 aromatic carbocycles. The first-order valence-corrected chi connectivity index (χ1v) is 8.75. The Hall–Kier alpha value is -2.71. The maximum atomic E-state index is 12.0. The van der Waals surface area contributed by atoms with Crippen LogP contribution in [0.15, 0.2) is 47.4 Å². The number of thioether (sulfide) groups is 1. The summed E-state index contributed by atoms with van der Waals surface area (Å²) in [6, 6.07) is 11.2. The number of halogens is 1. The van der Waals surface area contributed by atoms with Crippen molar-refractivity contribution in [1.82, 2.24) is 0 Å². The number of carbonyl (C=O) groups excluding carboxylic acids is 3. The quantitative estimate of drug-likeness (QED) is 0.376. The Labute approximate surface area is 159 Å². The highest BCUT2D eigenvalue weighted by molar-refractivity contribution is 8.00. The summed E-state index contributed by atoms with van der Waals surface area (Å²) in [5.41, 5.74) is 11.7. The van der Waals surface area contributed by atoms with E-state index in [1.165, 1.54) is 30.0 Å². The second-order valence-corrected chi connectivity index (χ2v) is 6.54. The highest BCUT2D eigenvalue weighted by Crippen LogP contribution is 2.26. The molecule has 9 heteroatoms. The summed E-state index contributed by atoms with van der Waals surface area (Å²) in [4.78, 5) is 35.6. The number of nitrogens with one attached hydrogen (secondary N) is 1. The lowest BCUT2D eigenvalue weighted by molar-refractivity contribution is -0.119. The second-order valence-electron chi connectivity index (χ2n) is 5.11. The fourth-order valence-corrected chi connectivity index (χ4v) is 2.78. The molecule has 0 aromatic heterocycles. The maximum absolute atomic E-state index is 12.0. The molecule has 0 bridgehead atoms. The zero-order valence-corrected chi connectivity index (χ0v) is 15.1. The number of amides is 2. The summed E-state index contributed by atoms with van der Waals surface area (Å²) in [6.45, 7) is -0.476. The van der Waals surface area contributed by atoms with Crippen LogP contribution < -0.4 is 16.8 Å². The van der Waals surface area contributed by atoms with E-state index in [-0.39, 0.29) is 17.0 Å². The summed E-state index contributed by atoms with van der Waals surface area (Å²) in [5, 5.41) is 2.95. The highest BCUT2D eigenvalue weighted by atomic mass is 35.5. The van der Waals surface area contributed by atoms with E-state index in [4.69, 9.17) is 27.8 Å². The summed E-state index contributed by atoms with van der Waals surface area (Å²) < 4.78 is 4.96. The van der Waals surface area contributed by atoms with Gasteiger partial charge in [0.1, 0.15) is 0 Å². The summed E-state index contributed by atoms with van der Waals surface area (Å²) >= 11 is 6.99. The molecule has 7 nitrogen and oxygen atoms in total. The number of primary amides is 1. The van der Waals surface area contributed by atoms with Crippen LogP contribution in [0.3, 0.4) is 0 Å². The van der Waals surface area contributed by atoms with Crippen molar-refractivity contribution in [3.05, 3.63) is 53.1 Å². The minimum absolute atomic E-state index is 0.0832. The van der Waals surface area contributed by atoms with Gasteiger partial charge in [0.25, 0.3) is 5.91 Å². The van der Waals surface area contributed by atoms with Gasteiger partial charge in [0, 0.05) is 4.90 Å². The molecule has 2 aromatic rings. The normalized spacial score (nSPS) is 10.2. The van der Waals surface area contributed by atoms with Gasteiger partial charge in [-0.15, -0.1) is 11.8 Å². The van der Waals surface area contributed by atoms with Crippen LogP contribution >= 0.6 is 23.4 Å². The van der Waals surface area contributed by atoms with Gasteiger partial charge in [0.05, 0.1) is 27.7 Å². The van der Waals surface area contributed by atoms with Crippen LogP contribution in [0, 0.1) is 0 Å². The monoisotopic (exact) mass is 393 g/mol. The molecule has 0 aliphatic rings. The molecule has 0 heterocycles. The number of para-hydroxylation sites is 1. The van der Waals surface area contributed by atoms with Gasteiger partial charge >= 0.3 is 5.97 Å². The van der Waals surface area contributed by atoms with Crippen molar-refractivity contribution in [2.45, 2.75) is 4.90 Å². The number of ether oxygens (including phenoxy) is 1. The molecule has 2 amide bonds. The smallest absolute Gasteiger partial charge is 0.338 e. The van der Waals surface area contributed by atoms with Crippen molar-refractivity contribution >= 4 is 52.5 Å². The molecule has 2 rings (SSSR count). The summed E-state index contributed by atoms with van der Waals surface area (Å²) in [5.74, 6) is -1.60. The predicted molar refractivity (Wildman–Crippen MR) is 101 cm³/mol. The van der Waals surface area contributed by atoms with Crippen molar-refractivity contribution in [1.29, 1.82) is 0 Å². The maximum Gasteiger partial charge on any atom is 0.338 e. The van der Waals surface area contributed by atoms with Crippen LogP contribution in [0.1, 0.15) is 10.4 Å². The predicted octanol–water partition coefficient (Wildman–Crippen LogP) is 2.30. The van der Waals surface area contributed by atoms with E-state index in [2.05, 4.69) is 5.32 Å². The molecule has 136 valence electrons. The van der Waals surface area contributed by atoms with Gasteiger partial charge in [-0.2, -0.15) is 0 Å². The van der Waals surface area contributed by atoms with E-state index in [1.54, 1.807) is 24.3 Å². The Morgan fingerprint density at radius 1 is 1.15 bits per heavy atom.